The number of fused-ring (bicyclic) bond motifs is 1. The smallest absolute Gasteiger partial charge is 0.149 e. The molecule has 0 radical (unpaired) electrons. The third-order valence-corrected chi connectivity index (χ3v) is 5.89. The Kier molecular flexibility index (Phi) is 5.64. The molecule has 5 rings (SSSR count). The minimum atomic E-state index is -0.390. The van der Waals surface area contributed by atoms with E-state index in [2.05, 4.69) is 55.2 Å². The quantitative estimate of drug-likeness (QED) is 0.440. The second-order valence-corrected chi connectivity index (χ2v) is 8.21. The van der Waals surface area contributed by atoms with Crippen LogP contribution in [0.4, 0.5) is 10.1 Å². The molecule has 0 unspecified atom stereocenters. The Morgan fingerprint density at radius 3 is 2.75 bits per heavy atom. The highest BCUT2D eigenvalue weighted by Crippen LogP contribution is 2.29. The summed E-state index contributed by atoms with van der Waals surface area (Å²) < 4.78 is 14.0. The molecule has 4 aromatic rings. The largest absolute Gasteiger partial charge is 0.351 e. The molecule has 2 N–H and O–H groups in total. The molecule has 1 aromatic carbocycles. The summed E-state index contributed by atoms with van der Waals surface area (Å²) in [5, 5.41) is 11.3. The fourth-order valence-corrected chi connectivity index (χ4v) is 4.22. The molecule has 1 aliphatic heterocycles. The van der Waals surface area contributed by atoms with Crippen molar-refractivity contribution in [2.45, 2.75) is 25.8 Å². The maximum absolute atomic E-state index is 14.0. The average Bonchev–Trinajstić information content (AvgIpc) is 3.25. The highest BCUT2D eigenvalue weighted by molar-refractivity contribution is 5.95. The maximum atomic E-state index is 14.0. The summed E-state index contributed by atoms with van der Waals surface area (Å²) in [6.07, 6.45) is 10.6. The summed E-state index contributed by atoms with van der Waals surface area (Å²) in [6, 6.07) is 9.64. The van der Waals surface area contributed by atoms with Crippen LogP contribution in [0.25, 0.3) is 27.7 Å². The Morgan fingerprint density at radius 2 is 1.91 bits per heavy atom. The molecule has 0 saturated carbocycles. The van der Waals surface area contributed by atoms with E-state index in [9.17, 15) is 4.39 Å². The molecule has 1 saturated heterocycles. The molecule has 0 spiro atoms. The van der Waals surface area contributed by atoms with E-state index in [4.69, 9.17) is 0 Å². The van der Waals surface area contributed by atoms with Gasteiger partial charge < -0.3 is 5.32 Å². The number of benzene rings is 1. The minimum absolute atomic E-state index is 0.263. The molecule has 7 heteroatoms. The zero-order valence-corrected chi connectivity index (χ0v) is 17.8. The Hall–Kier alpha value is -3.58. The van der Waals surface area contributed by atoms with Crippen molar-refractivity contribution in [2.24, 2.45) is 0 Å². The summed E-state index contributed by atoms with van der Waals surface area (Å²) in [4.78, 5) is 10.9. The third-order valence-electron chi connectivity index (χ3n) is 5.89. The van der Waals surface area contributed by atoms with Gasteiger partial charge in [-0.05, 0) is 61.3 Å². The normalized spacial score (nSPS) is 14.5. The van der Waals surface area contributed by atoms with E-state index in [1.807, 2.05) is 18.5 Å². The lowest BCUT2D eigenvalue weighted by Gasteiger charge is -2.26. The number of nitrogens with one attached hydrogen (secondary N) is 2. The van der Waals surface area contributed by atoms with Crippen molar-refractivity contribution in [3.63, 3.8) is 0 Å². The van der Waals surface area contributed by atoms with Gasteiger partial charge in [-0.1, -0.05) is 19.1 Å². The second kappa shape index (κ2) is 8.88. The number of H-pyrrole nitrogens is 1. The van der Waals surface area contributed by atoms with Crippen LogP contribution in [-0.4, -0.2) is 38.2 Å². The number of pyridine rings is 2. The minimum Gasteiger partial charge on any atom is -0.351 e. The van der Waals surface area contributed by atoms with Gasteiger partial charge in [-0.2, -0.15) is 5.10 Å². The van der Waals surface area contributed by atoms with E-state index in [-0.39, 0.29) is 5.69 Å². The number of hydrogen-bond donors (Lipinski definition) is 2. The fraction of sp³-hybridized carbons (Fsp3) is 0.240. The van der Waals surface area contributed by atoms with Crippen LogP contribution in [0.5, 0.6) is 0 Å². The van der Waals surface area contributed by atoms with Gasteiger partial charge in [0, 0.05) is 36.1 Å². The summed E-state index contributed by atoms with van der Waals surface area (Å²) >= 11 is 0. The molecule has 1 aliphatic rings. The Balaban J connectivity index is 1.42. The molecule has 0 aliphatic carbocycles. The van der Waals surface area contributed by atoms with Crippen molar-refractivity contribution in [1.82, 2.24) is 25.1 Å². The highest BCUT2D eigenvalue weighted by atomic mass is 19.1. The van der Waals surface area contributed by atoms with Crippen molar-refractivity contribution >= 4 is 22.3 Å². The summed E-state index contributed by atoms with van der Waals surface area (Å²) in [7, 11) is 0. The zero-order chi connectivity index (χ0) is 21.9. The number of piperidine rings is 1. The van der Waals surface area contributed by atoms with E-state index in [1.165, 1.54) is 43.3 Å². The van der Waals surface area contributed by atoms with Crippen molar-refractivity contribution < 1.29 is 4.39 Å². The first-order valence-electron chi connectivity index (χ1n) is 10.9. The number of hydrogen-bond acceptors (Lipinski definition) is 5. The van der Waals surface area contributed by atoms with Gasteiger partial charge in [0.1, 0.15) is 11.5 Å². The first-order chi connectivity index (χ1) is 15.7. The molecule has 0 bridgehead atoms. The van der Waals surface area contributed by atoms with Gasteiger partial charge in [-0.3, -0.25) is 20.0 Å². The summed E-state index contributed by atoms with van der Waals surface area (Å²) in [5.74, 6) is -0.390. The number of likely N-dealkylation sites (tertiary alicyclic amines) is 1. The van der Waals surface area contributed by atoms with E-state index >= 15 is 0 Å². The van der Waals surface area contributed by atoms with Gasteiger partial charge in [0.15, 0.2) is 0 Å². The summed E-state index contributed by atoms with van der Waals surface area (Å²) in [5.41, 5.74) is 5.61. The van der Waals surface area contributed by atoms with Crippen LogP contribution in [-0.2, 0) is 6.54 Å². The van der Waals surface area contributed by atoms with Crippen LogP contribution in [0, 0.1) is 5.82 Å². The van der Waals surface area contributed by atoms with E-state index in [0.717, 1.165) is 41.7 Å². The molecular formula is C25H25FN6. The molecule has 4 heterocycles. The molecule has 32 heavy (non-hydrogen) atoms. The average molecular weight is 429 g/mol. The predicted octanol–water partition coefficient (Wildman–Crippen LogP) is 5.23. The van der Waals surface area contributed by atoms with Crippen LogP contribution < -0.4 is 5.32 Å². The number of nitrogens with zero attached hydrogens (tertiary/aromatic N) is 4. The van der Waals surface area contributed by atoms with Gasteiger partial charge in [-0.15, -0.1) is 0 Å². The molecule has 1 fully saturated rings. The Labute approximate surface area is 186 Å². The van der Waals surface area contributed by atoms with Crippen LogP contribution in [0.1, 0.15) is 30.5 Å². The fourth-order valence-electron chi connectivity index (χ4n) is 4.22. The lowest BCUT2D eigenvalue weighted by Crippen LogP contribution is -2.29. The lowest BCUT2D eigenvalue weighted by molar-refractivity contribution is 0.220. The van der Waals surface area contributed by atoms with Gasteiger partial charge >= 0.3 is 0 Å². The molecule has 162 valence electrons. The highest BCUT2D eigenvalue weighted by Gasteiger charge is 2.14. The van der Waals surface area contributed by atoms with E-state index in [0.29, 0.717) is 11.4 Å². The van der Waals surface area contributed by atoms with E-state index < -0.39 is 5.82 Å². The van der Waals surface area contributed by atoms with Crippen molar-refractivity contribution in [2.75, 3.05) is 18.4 Å². The maximum Gasteiger partial charge on any atom is 0.149 e. The first kappa shape index (κ1) is 20.3. The van der Waals surface area contributed by atoms with Crippen LogP contribution in [0.3, 0.4) is 0 Å². The monoisotopic (exact) mass is 428 g/mol. The third kappa shape index (κ3) is 4.24. The Bertz CT molecular complexity index is 1260. The van der Waals surface area contributed by atoms with Gasteiger partial charge in [0.2, 0.25) is 0 Å². The standard InChI is InChI=1S/C25H25FN6/c1-17(29-24-15-27-8-7-22(24)26)25-21-12-19(5-6-23(21)30-31-25)20-11-18(13-28-14-20)16-32-9-3-2-4-10-32/h5-8,11-15,29H,1-4,9-10,16H2,(H,30,31). The topological polar surface area (TPSA) is 69.7 Å². The predicted molar refractivity (Wildman–Crippen MR) is 125 cm³/mol. The van der Waals surface area contributed by atoms with Crippen LogP contribution in [0.2, 0.25) is 0 Å². The second-order valence-electron chi connectivity index (χ2n) is 8.21. The number of rotatable bonds is 6. The van der Waals surface area contributed by atoms with Gasteiger partial charge in [0.05, 0.1) is 23.1 Å². The first-order valence-corrected chi connectivity index (χ1v) is 10.9. The number of aromatic nitrogens is 4. The van der Waals surface area contributed by atoms with Crippen molar-refractivity contribution in [3.8, 4) is 11.1 Å². The molecular weight excluding hydrogens is 403 g/mol. The number of halogens is 1. The molecule has 6 nitrogen and oxygen atoms in total. The van der Waals surface area contributed by atoms with Crippen LogP contribution >= 0.6 is 0 Å². The SMILES string of the molecule is C=C(Nc1cnccc1F)c1n[nH]c2ccc(-c3cncc(CN4CCCCC4)c3)cc12. The lowest BCUT2D eigenvalue weighted by atomic mass is 10.0. The number of anilines is 1. The van der Waals surface area contributed by atoms with Gasteiger partial charge in [0.25, 0.3) is 0 Å². The Morgan fingerprint density at radius 1 is 1.03 bits per heavy atom. The van der Waals surface area contributed by atoms with Crippen molar-refractivity contribution in [3.05, 3.63) is 78.8 Å². The van der Waals surface area contributed by atoms with Crippen LogP contribution in [0.15, 0.2) is 61.7 Å². The summed E-state index contributed by atoms with van der Waals surface area (Å²) in [6.45, 7) is 7.30. The van der Waals surface area contributed by atoms with Gasteiger partial charge in [-0.25, -0.2) is 4.39 Å². The molecule has 3 aromatic heterocycles. The van der Waals surface area contributed by atoms with E-state index in [1.54, 1.807) is 0 Å². The van der Waals surface area contributed by atoms with Crippen molar-refractivity contribution in [1.29, 1.82) is 0 Å². The zero-order valence-electron chi connectivity index (χ0n) is 17.8. The molecule has 0 amide bonds. The molecule has 0 atom stereocenters. The number of aromatic amines is 1.